The first kappa shape index (κ1) is 10.6. The molecule has 3 aromatic rings. The van der Waals surface area contributed by atoms with E-state index in [1.165, 1.54) is 6.07 Å². The summed E-state index contributed by atoms with van der Waals surface area (Å²) in [6, 6.07) is 6.35. The molecule has 1 heterocycles. The normalized spacial score (nSPS) is 11.4. The number of fused-ring (bicyclic) bond motifs is 3. The molecule has 1 aromatic heterocycles. The zero-order chi connectivity index (χ0) is 13.0. The van der Waals surface area contributed by atoms with E-state index in [4.69, 9.17) is 11.5 Å². The molecule has 5 heteroatoms. The first-order valence-corrected chi connectivity index (χ1v) is 5.48. The SMILES string of the molecule is Cn1c2cc(N)cc(N)c2c2c(O)cc(O)cc21. The molecule has 0 atom stereocenters. The van der Waals surface area contributed by atoms with Crippen molar-refractivity contribution in [3.63, 3.8) is 0 Å². The number of nitrogens with two attached hydrogens (primary N) is 2. The highest BCUT2D eigenvalue weighted by molar-refractivity contribution is 6.17. The summed E-state index contributed by atoms with van der Waals surface area (Å²) >= 11 is 0. The second kappa shape index (κ2) is 3.22. The van der Waals surface area contributed by atoms with Crippen molar-refractivity contribution in [1.82, 2.24) is 4.57 Å². The number of anilines is 2. The van der Waals surface area contributed by atoms with Gasteiger partial charge in [-0.25, -0.2) is 0 Å². The molecule has 0 fully saturated rings. The number of aromatic hydroxyl groups is 2. The Morgan fingerprint density at radius 3 is 2.33 bits per heavy atom. The van der Waals surface area contributed by atoms with E-state index in [0.29, 0.717) is 22.3 Å². The van der Waals surface area contributed by atoms with Crippen LogP contribution in [0.1, 0.15) is 0 Å². The Morgan fingerprint density at radius 2 is 1.61 bits per heavy atom. The van der Waals surface area contributed by atoms with E-state index in [1.54, 1.807) is 18.2 Å². The van der Waals surface area contributed by atoms with Gasteiger partial charge in [-0.3, -0.25) is 0 Å². The molecule has 0 spiro atoms. The largest absolute Gasteiger partial charge is 0.508 e. The van der Waals surface area contributed by atoms with Gasteiger partial charge in [0.05, 0.1) is 16.4 Å². The van der Waals surface area contributed by atoms with E-state index in [0.717, 1.165) is 10.9 Å². The van der Waals surface area contributed by atoms with Gasteiger partial charge in [0, 0.05) is 35.9 Å². The Balaban J connectivity index is 2.68. The molecule has 3 rings (SSSR count). The Morgan fingerprint density at radius 1 is 0.944 bits per heavy atom. The Kier molecular flexibility index (Phi) is 1.90. The van der Waals surface area contributed by atoms with Crippen LogP contribution in [0.5, 0.6) is 11.5 Å². The monoisotopic (exact) mass is 243 g/mol. The molecule has 5 nitrogen and oxygen atoms in total. The minimum Gasteiger partial charge on any atom is -0.508 e. The van der Waals surface area contributed by atoms with Crippen molar-refractivity contribution in [2.24, 2.45) is 7.05 Å². The van der Waals surface area contributed by atoms with Crippen molar-refractivity contribution in [3.05, 3.63) is 24.3 Å². The summed E-state index contributed by atoms with van der Waals surface area (Å²) in [6.45, 7) is 0. The highest BCUT2D eigenvalue weighted by Gasteiger charge is 2.15. The van der Waals surface area contributed by atoms with E-state index < -0.39 is 0 Å². The van der Waals surface area contributed by atoms with Gasteiger partial charge in [0.1, 0.15) is 11.5 Å². The number of rotatable bonds is 0. The molecule has 18 heavy (non-hydrogen) atoms. The number of hydrogen-bond acceptors (Lipinski definition) is 4. The molecule has 0 aliphatic carbocycles. The molecule has 0 aliphatic rings. The van der Waals surface area contributed by atoms with Crippen LogP contribution >= 0.6 is 0 Å². The number of nitrogens with zero attached hydrogens (tertiary/aromatic N) is 1. The minimum absolute atomic E-state index is 0.00655. The Bertz CT molecular complexity index is 725. The van der Waals surface area contributed by atoms with Crippen LogP contribution in [-0.4, -0.2) is 14.8 Å². The third-order valence-electron chi connectivity index (χ3n) is 3.22. The second-order valence-corrected chi connectivity index (χ2v) is 4.42. The van der Waals surface area contributed by atoms with Crippen molar-refractivity contribution >= 4 is 33.2 Å². The summed E-state index contributed by atoms with van der Waals surface area (Å²) in [5.74, 6) is 0.0181. The maximum absolute atomic E-state index is 10.00. The standard InChI is InChI=1S/C13H13N3O2/c1-16-9-3-6(14)2-8(15)12(9)13-10(16)4-7(17)5-11(13)18/h2-5,17-18H,14-15H2,1H3. The van der Waals surface area contributed by atoms with Crippen LogP contribution in [0.15, 0.2) is 24.3 Å². The fraction of sp³-hybridized carbons (Fsp3) is 0.0769. The van der Waals surface area contributed by atoms with Crippen molar-refractivity contribution in [1.29, 1.82) is 0 Å². The van der Waals surface area contributed by atoms with Gasteiger partial charge >= 0.3 is 0 Å². The van der Waals surface area contributed by atoms with Crippen molar-refractivity contribution < 1.29 is 10.2 Å². The smallest absolute Gasteiger partial charge is 0.129 e. The van der Waals surface area contributed by atoms with Crippen LogP contribution in [0.4, 0.5) is 11.4 Å². The van der Waals surface area contributed by atoms with Crippen LogP contribution in [0.2, 0.25) is 0 Å². The van der Waals surface area contributed by atoms with E-state index in [2.05, 4.69) is 0 Å². The maximum Gasteiger partial charge on any atom is 0.129 e. The van der Waals surface area contributed by atoms with Crippen LogP contribution in [-0.2, 0) is 7.05 Å². The van der Waals surface area contributed by atoms with Crippen molar-refractivity contribution in [2.45, 2.75) is 0 Å². The molecule has 2 aromatic carbocycles. The third kappa shape index (κ3) is 1.21. The summed E-state index contributed by atoms with van der Waals surface area (Å²) in [4.78, 5) is 0. The number of aromatic nitrogens is 1. The summed E-state index contributed by atoms with van der Waals surface area (Å²) in [6.07, 6.45) is 0. The number of benzene rings is 2. The Hall–Kier alpha value is -2.56. The molecule has 0 saturated heterocycles. The van der Waals surface area contributed by atoms with Crippen LogP contribution in [0.25, 0.3) is 21.8 Å². The fourth-order valence-corrected chi connectivity index (χ4v) is 2.46. The summed E-state index contributed by atoms with van der Waals surface area (Å²) in [5, 5.41) is 20.9. The summed E-state index contributed by atoms with van der Waals surface area (Å²) in [5.41, 5.74) is 14.4. The highest BCUT2D eigenvalue weighted by atomic mass is 16.3. The molecular formula is C13H13N3O2. The van der Waals surface area contributed by atoms with Gasteiger partial charge < -0.3 is 26.2 Å². The maximum atomic E-state index is 10.00. The molecule has 0 unspecified atom stereocenters. The molecule has 0 radical (unpaired) electrons. The van der Waals surface area contributed by atoms with Crippen molar-refractivity contribution in [2.75, 3.05) is 11.5 Å². The van der Waals surface area contributed by atoms with Crippen LogP contribution in [0.3, 0.4) is 0 Å². The average molecular weight is 243 g/mol. The second-order valence-electron chi connectivity index (χ2n) is 4.42. The van der Waals surface area contributed by atoms with Crippen LogP contribution < -0.4 is 11.5 Å². The van der Waals surface area contributed by atoms with Gasteiger partial charge in [0.25, 0.3) is 0 Å². The predicted molar refractivity (Wildman–Crippen MR) is 72.6 cm³/mol. The van der Waals surface area contributed by atoms with Gasteiger partial charge in [0.15, 0.2) is 0 Å². The third-order valence-corrected chi connectivity index (χ3v) is 3.22. The quantitative estimate of drug-likeness (QED) is 0.453. The zero-order valence-electron chi connectivity index (χ0n) is 9.81. The van der Waals surface area contributed by atoms with Crippen LogP contribution in [0, 0.1) is 0 Å². The molecule has 0 bridgehead atoms. The van der Waals surface area contributed by atoms with Gasteiger partial charge in [-0.15, -0.1) is 0 Å². The first-order valence-electron chi connectivity index (χ1n) is 5.48. The molecule has 92 valence electrons. The number of hydrogen-bond donors (Lipinski definition) is 4. The van der Waals surface area contributed by atoms with Gasteiger partial charge in [-0.1, -0.05) is 0 Å². The molecule has 6 N–H and O–H groups in total. The van der Waals surface area contributed by atoms with E-state index in [-0.39, 0.29) is 11.5 Å². The lowest BCUT2D eigenvalue weighted by Crippen LogP contribution is -1.92. The lowest BCUT2D eigenvalue weighted by molar-refractivity contribution is 0.455. The van der Waals surface area contributed by atoms with E-state index >= 15 is 0 Å². The number of nitrogen functional groups attached to an aromatic ring is 2. The number of aryl methyl sites for hydroxylation is 1. The zero-order valence-corrected chi connectivity index (χ0v) is 9.81. The molecular weight excluding hydrogens is 230 g/mol. The van der Waals surface area contributed by atoms with Crippen molar-refractivity contribution in [3.8, 4) is 11.5 Å². The summed E-state index contributed by atoms with van der Waals surface area (Å²) < 4.78 is 1.84. The number of phenols is 2. The first-order chi connectivity index (χ1) is 8.49. The average Bonchev–Trinajstić information content (AvgIpc) is 2.54. The lowest BCUT2D eigenvalue weighted by atomic mass is 10.1. The lowest BCUT2D eigenvalue weighted by Gasteiger charge is -2.01. The molecule has 0 saturated carbocycles. The minimum atomic E-state index is 0.00655. The van der Waals surface area contributed by atoms with Gasteiger partial charge in [-0.05, 0) is 12.1 Å². The van der Waals surface area contributed by atoms with Gasteiger partial charge in [-0.2, -0.15) is 0 Å². The topological polar surface area (TPSA) is 97.4 Å². The van der Waals surface area contributed by atoms with E-state index in [1.807, 2.05) is 11.6 Å². The molecule has 0 amide bonds. The highest BCUT2D eigenvalue weighted by Crippen LogP contribution is 2.40. The fourth-order valence-electron chi connectivity index (χ4n) is 2.46. The number of phenolic OH excluding ortho intramolecular Hbond substituents is 2. The molecule has 0 aliphatic heterocycles. The van der Waals surface area contributed by atoms with E-state index in [9.17, 15) is 10.2 Å². The Labute approximate surface area is 103 Å². The van der Waals surface area contributed by atoms with Gasteiger partial charge in [0.2, 0.25) is 0 Å². The predicted octanol–water partition coefficient (Wildman–Crippen LogP) is 1.91. The summed E-state index contributed by atoms with van der Waals surface area (Å²) in [7, 11) is 1.84.